The Kier molecular flexibility index (Phi) is 1.95. The zero-order chi connectivity index (χ0) is 9.35. The first kappa shape index (κ1) is 8.83. The molecule has 5 nitrogen and oxygen atoms in total. The summed E-state index contributed by atoms with van der Waals surface area (Å²) < 4.78 is 0. The number of hydrogen-bond acceptors (Lipinski definition) is 2. The number of carboxylic acid groups (broad SMARTS) is 1. The SMILES string of the molecule is CC1(C(=O)O)CCC1NC(N)=O. The molecule has 1 saturated carbocycles. The monoisotopic (exact) mass is 172 g/mol. The third-order valence-electron chi connectivity index (χ3n) is 2.53. The minimum atomic E-state index is -0.882. The van der Waals surface area contributed by atoms with Gasteiger partial charge in [0.15, 0.2) is 0 Å². The van der Waals surface area contributed by atoms with Gasteiger partial charge in [0.25, 0.3) is 0 Å². The molecule has 1 aliphatic carbocycles. The molecule has 2 atom stereocenters. The van der Waals surface area contributed by atoms with E-state index >= 15 is 0 Å². The third-order valence-corrected chi connectivity index (χ3v) is 2.53. The summed E-state index contributed by atoms with van der Waals surface area (Å²) in [5, 5.41) is 11.2. The third kappa shape index (κ3) is 1.22. The van der Waals surface area contributed by atoms with Crippen molar-refractivity contribution in [2.24, 2.45) is 11.1 Å². The molecule has 2 unspecified atom stereocenters. The van der Waals surface area contributed by atoms with Gasteiger partial charge in [0.05, 0.1) is 5.41 Å². The van der Waals surface area contributed by atoms with E-state index < -0.39 is 17.4 Å². The molecule has 0 aromatic carbocycles. The number of rotatable bonds is 2. The second-order valence-electron chi connectivity index (χ2n) is 3.32. The fourth-order valence-electron chi connectivity index (χ4n) is 1.38. The number of urea groups is 1. The average Bonchev–Trinajstić information content (AvgIpc) is 1.96. The largest absolute Gasteiger partial charge is 0.481 e. The van der Waals surface area contributed by atoms with Crippen molar-refractivity contribution in [3.63, 3.8) is 0 Å². The zero-order valence-corrected chi connectivity index (χ0v) is 6.83. The summed E-state index contributed by atoms with van der Waals surface area (Å²) in [6, 6.07) is -0.973. The molecule has 1 fully saturated rings. The Balaban J connectivity index is 2.59. The fraction of sp³-hybridized carbons (Fsp3) is 0.714. The van der Waals surface area contributed by atoms with Crippen molar-refractivity contribution in [2.45, 2.75) is 25.8 Å². The summed E-state index contributed by atoms with van der Waals surface area (Å²) in [5.41, 5.74) is 4.06. The highest BCUT2D eigenvalue weighted by Crippen LogP contribution is 2.40. The molecule has 4 N–H and O–H groups in total. The average molecular weight is 172 g/mol. The summed E-state index contributed by atoms with van der Waals surface area (Å²) in [6.07, 6.45) is 1.28. The fourth-order valence-corrected chi connectivity index (χ4v) is 1.38. The molecule has 12 heavy (non-hydrogen) atoms. The Labute approximate surface area is 69.9 Å². The molecule has 1 rings (SSSR count). The molecule has 0 saturated heterocycles. The number of carboxylic acids is 1. The van der Waals surface area contributed by atoms with Gasteiger partial charge in [0.1, 0.15) is 0 Å². The summed E-state index contributed by atoms with van der Waals surface area (Å²) in [4.78, 5) is 21.1. The molecule has 0 spiro atoms. The van der Waals surface area contributed by atoms with Gasteiger partial charge in [-0.2, -0.15) is 0 Å². The summed E-state index contributed by atoms with van der Waals surface area (Å²) >= 11 is 0. The topological polar surface area (TPSA) is 92.4 Å². The lowest BCUT2D eigenvalue weighted by atomic mass is 9.66. The first-order valence-electron chi connectivity index (χ1n) is 3.76. The summed E-state index contributed by atoms with van der Waals surface area (Å²) in [6.45, 7) is 1.61. The highest BCUT2D eigenvalue weighted by Gasteiger charge is 2.49. The number of nitrogens with one attached hydrogen (secondary N) is 1. The number of carbonyl (C=O) groups is 2. The minimum Gasteiger partial charge on any atom is -0.481 e. The predicted octanol–water partition coefficient (Wildman–Crippen LogP) is -0.0920. The van der Waals surface area contributed by atoms with Gasteiger partial charge in [-0.25, -0.2) is 4.79 Å². The van der Waals surface area contributed by atoms with E-state index in [2.05, 4.69) is 5.32 Å². The molecule has 0 bridgehead atoms. The molecule has 0 aliphatic heterocycles. The lowest BCUT2D eigenvalue weighted by Crippen LogP contribution is -2.58. The summed E-state index contributed by atoms with van der Waals surface area (Å²) in [5.74, 6) is -0.882. The van der Waals surface area contributed by atoms with E-state index in [1.807, 2.05) is 0 Å². The Bertz CT molecular complexity index is 229. The van der Waals surface area contributed by atoms with Crippen LogP contribution in [-0.4, -0.2) is 23.1 Å². The molecular weight excluding hydrogens is 160 g/mol. The highest BCUT2D eigenvalue weighted by molar-refractivity contribution is 5.79. The minimum absolute atomic E-state index is 0.313. The van der Waals surface area contributed by atoms with Gasteiger partial charge in [-0.1, -0.05) is 0 Å². The Morgan fingerprint density at radius 1 is 1.67 bits per heavy atom. The van der Waals surface area contributed by atoms with Crippen LogP contribution in [0.2, 0.25) is 0 Å². The van der Waals surface area contributed by atoms with E-state index in [9.17, 15) is 9.59 Å². The van der Waals surface area contributed by atoms with Crippen LogP contribution in [0.5, 0.6) is 0 Å². The predicted molar refractivity (Wildman–Crippen MR) is 41.5 cm³/mol. The summed E-state index contributed by atoms with van der Waals surface area (Å²) in [7, 11) is 0. The van der Waals surface area contributed by atoms with E-state index in [1.165, 1.54) is 0 Å². The van der Waals surface area contributed by atoms with Crippen molar-refractivity contribution in [1.82, 2.24) is 5.32 Å². The lowest BCUT2D eigenvalue weighted by molar-refractivity contribution is -0.155. The van der Waals surface area contributed by atoms with Crippen LogP contribution in [0.25, 0.3) is 0 Å². The standard InChI is InChI=1S/C7H12N2O3/c1-7(5(10)11)3-2-4(7)9-6(8)12/h4H,2-3H2,1H3,(H,10,11)(H3,8,9,12). The van der Waals surface area contributed by atoms with Crippen LogP contribution >= 0.6 is 0 Å². The second kappa shape index (κ2) is 2.66. The van der Waals surface area contributed by atoms with Gasteiger partial charge in [0.2, 0.25) is 0 Å². The lowest BCUT2D eigenvalue weighted by Gasteiger charge is -2.43. The van der Waals surface area contributed by atoms with E-state index in [0.29, 0.717) is 12.8 Å². The molecule has 2 amide bonds. The van der Waals surface area contributed by atoms with Crippen LogP contribution in [-0.2, 0) is 4.79 Å². The Hall–Kier alpha value is -1.26. The second-order valence-corrected chi connectivity index (χ2v) is 3.32. The number of nitrogens with two attached hydrogens (primary N) is 1. The molecule has 0 aromatic heterocycles. The van der Waals surface area contributed by atoms with Crippen molar-refractivity contribution in [3.05, 3.63) is 0 Å². The normalized spacial score (nSPS) is 33.6. The van der Waals surface area contributed by atoms with Crippen molar-refractivity contribution in [2.75, 3.05) is 0 Å². The molecule has 0 radical (unpaired) electrons. The highest BCUT2D eigenvalue weighted by atomic mass is 16.4. The quantitative estimate of drug-likeness (QED) is 0.543. The van der Waals surface area contributed by atoms with Crippen molar-refractivity contribution in [3.8, 4) is 0 Å². The first-order valence-corrected chi connectivity index (χ1v) is 3.76. The van der Waals surface area contributed by atoms with Crippen LogP contribution < -0.4 is 11.1 Å². The van der Waals surface area contributed by atoms with Crippen LogP contribution in [0.3, 0.4) is 0 Å². The number of primary amides is 1. The van der Waals surface area contributed by atoms with Gasteiger partial charge in [0, 0.05) is 6.04 Å². The van der Waals surface area contributed by atoms with Gasteiger partial charge >= 0.3 is 12.0 Å². The van der Waals surface area contributed by atoms with Crippen molar-refractivity contribution in [1.29, 1.82) is 0 Å². The number of hydrogen-bond donors (Lipinski definition) is 3. The smallest absolute Gasteiger partial charge is 0.312 e. The Morgan fingerprint density at radius 2 is 2.25 bits per heavy atom. The van der Waals surface area contributed by atoms with Crippen LogP contribution in [0.4, 0.5) is 4.79 Å². The first-order chi connectivity index (χ1) is 5.47. The van der Waals surface area contributed by atoms with Crippen LogP contribution in [0.15, 0.2) is 0 Å². The van der Waals surface area contributed by atoms with Crippen molar-refractivity contribution >= 4 is 12.0 Å². The Morgan fingerprint density at radius 3 is 2.50 bits per heavy atom. The molecule has 1 aliphatic rings. The van der Waals surface area contributed by atoms with Gasteiger partial charge in [-0.3, -0.25) is 4.79 Å². The van der Waals surface area contributed by atoms with Crippen LogP contribution in [0, 0.1) is 5.41 Å². The van der Waals surface area contributed by atoms with E-state index in [0.717, 1.165) is 0 Å². The van der Waals surface area contributed by atoms with Crippen LogP contribution in [0.1, 0.15) is 19.8 Å². The maximum Gasteiger partial charge on any atom is 0.312 e. The molecular formula is C7H12N2O3. The molecule has 0 heterocycles. The number of carbonyl (C=O) groups excluding carboxylic acids is 1. The van der Waals surface area contributed by atoms with Crippen molar-refractivity contribution < 1.29 is 14.7 Å². The van der Waals surface area contributed by atoms with Gasteiger partial charge < -0.3 is 16.2 Å². The number of amides is 2. The van der Waals surface area contributed by atoms with E-state index in [4.69, 9.17) is 10.8 Å². The molecule has 0 aromatic rings. The zero-order valence-electron chi connectivity index (χ0n) is 6.83. The maximum atomic E-state index is 10.7. The van der Waals surface area contributed by atoms with E-state index in [-0.39, 0.29) is 6.04 Å². The van der Waals surface area contributed by atoms with Gasteiger partial charge in [-0.15, -0.1) is 0 Å². The number of aliphatic carboxylic acids is 1. The molecule has 5 heteroatoms. The maximum absolute atomic E-state index is 10.7. The van der Waals surface area contributed by atoms with Gasteiger partial charge in [-0.05, 0) is 19.8 Å². The molecule has 68 valence electrons. The van der Waals surface area contributed by atoms with E-state index in [1.54, 1.807) is 6.92 Å².